The molecule has 2 unspecified atom stereocenters. The maximum Gasteiger partial charge on any atom is 0.0834 e. The number of hydrogen-bond donors (Lipinski definition) is 1. The Morgan fingerprint density at radius 3 is 2.78 bits per heavy atom. The average molecular weight is 290 g/mol. The molecule has 1 rings (SSSR count). The van der Waals surface area contributed by atoms with E-state index in [0.29, 0.717) is 5.25 Å². The molecule has 1 N–H and O–H groups in total. The highest BCUT2D eigenvalue weighted by Gasteiger charge is 2.19. The summed E-state index contributed by atoms with van der Waals surface area (Å²) in [6.07, 6.45) is 4.02. The molecule has 18 heavy (non-hydrogen) atoms. The van der Waals surface area contributed by atoms with Gasteiger partial charge in [-0.15, -0.1) is 0 Å². The van der Waals surface area contributed by atoms with Gasteiger partial charge >= 0.3 is 0 Å². The Hall–Kier alpha value is -0.190. The molecule has 0 saturated carbocycles. The van der Waals surface area contributed by atoms with E-state index in [2.05, 4.69) is 31.2 Å². The highest BCUT2D eigenvalue weighted by atomic mass is 35.5. The first-order chi connectivity index (χ1) is 8.63. The summed E-state index contributed by atoms with van der Waals surface area (Å²) >= 11 is 8.25. The Labute approximate surface area is 120 Å². The molecule has 0 bridgehead atoms. The second-order valence-corrected chi connectivity index (χ2v) is 6.37. The first-order valence-electron chi connectivity index (χ1n) is 6.64. The van der Waals surface area contributed by atoms with Crippen LogP contribution in [0.2, 0.25) is 5.02 Å². The number of aromatic nitrogens is 2. The fourth-order valence-corrected chi connectivity index (χ4v) is 3.14. The van der Waals surface area contributed by atoms with Gasteiger partial charge in [-0.25, -0.2) is 0 Å². The molecule has 0 radical (unpaired) electrons. The molecule has 2 atom stereocenters. The van der Waals surface area contributed by atoms with Gasteiger partial charge in [0.1, 0.15) is 0 Å². The fraction of sp³-hybridized carbons (Fsp3) is 0.769. The maximum atomic E-state index is 6.27. The van der Waals surface area contributed by atoms with Gasteiger partial charge in [-0.05, 0) is 19.9 Å². The van der Waals surface area contributed by atoms with Crippen LogP contribution in [0.3, 0.4) is 0 Å². The summed E-state index contributed by atoms with van der Waals surface area (Å²) in [5.74, 6) is 1.03. The van der Waals surface area contributed by atoms with Crippen LogP contribution >= 0.6 is 23.4 Å². The van der Waals surface area contributed by atoms with Gasteiger partial charge in [0.05, 0.1) is 23.0 Å². The molecule has 0 fully saturated rings. The van der Waals surface area contributed by atoms with Gasteiger partial charge in [-0.3, -0.25) is 4.68 Å². The maximum absolute atomic E-state index is 6.27. The van der Waals surface area contributed by atoms with E-state index >= 15 is 0 Å². The summed E-state index contributed by atoms with van der Waals surface area (Å²) in [5.41, 5.74) is 1.12. The zero-order valence-electron chi connectivity index (χ0n) is 11.7. The van der Waals surface area contributed by atoms with Gasteiger partial charge in [0.2, 0.25) is 0 Å². The highest BCUT2D eigenvalue weighted by molar-refractivity contribution is 7.99. The number of hydrogen-bond acceptors (Lipinski definition) is 3. The minimum atomic E-state index is 0.269. The molecule has 1 heterocycles. The topological polar surface area (TPSA) is 29.9 Å². The van der Waals surface area contributed by atoms with Crippen molar-refractivity contribution in [2.75, 3.05) is 12.8 Å². The van der Waals surface area contributed by atoms with E-state index in [1.807, 2.05) is 23.5 Å². The number of aryl methyl sites for hydroxylation is 1. The number of nitrogens with one attached hydrogen (secondary N) is 1. The van der Waals surface area contributed by atoms with E-state index in [1.54, 1.807) is 6.20 Å². The molecule has 0 aromatic carbocycles. The van der Waals surface area contributed by atoms with Gasteiger partial charge in [0.25, 0.3) is 0 Å². The quantitative estimate of drug-likeness (QED) is 0.791. The number of rotatable bonds is 8. The molecule has 0 amide bonds. The summed E-state index contributed by atoms with van der Waals surface area (Å²) in [7, 11) is 1.99. The van der Waals surface area contributed by atoms with Crippen LogP contribution in [0.5, 0.6) is 0 Å². The molecule has 0 aliphatic rings. The van der Waals surface area contributed by atoms with E-state index in [-0.39, 0.29) is 6.04 Å². The number of nitrogens with zero attached hydrogens (tertiary/aromatic N) is 2. The van der Waals surface area contributed by atoms with E-state index in [4.69, 9.17) is 11.6 Å². The van der Waals surface area contributed by atoms with Gasteiger partial charge in [-0.2, -0.15) is 16.9 Å². The van der Waals surface area contributed by atoms with Crippen molar-refractivity contribution in [2.24, 2.45) is 0 Å². The molecule has 5 heteroatoms. The lowest BCUT2D eigenvalue weighted by Gasteiger charge is -2.20. The Kier molecular flexibility index (Phi) is 7.12. The third-order valence-corrected chi connectivity index (χ3v) is 4.79. The standard InChI is InChI=1S/C13H24ClN3S/c1-5-7-17-13(11(14)8-16-17)12(15-4)9-18-10(3)6-2/h8,10,12,15H,5-7,9H2,1-4H3. The van der Waals surface area contributed by atoms with Crippen LogP contribution in [0, 0.1) is 0 Å². The van der Waals surface area contributed by atoms with Crippen molar-refractivity contribution in [1.29, 1.82) is 0 Å². The van der Waals surface area contributed by atoms with Gasteiger partial charge < -0.3 is 5.32 Å². The van der Waals surface area contributed by atoms with Crippen molar-refractivity contribution in [2.45, 2.75) is 51.4 Å². The van der Waals surface area contributed by atoms with Crippen LogP contribution in [0.4, 0.5) is 0 Å². The molecule has 1 aromatic heterocycles. The summed E-state index contributed by atoms with van der Waals surface area (Å²) in [5, 5.41) is 9.17. The van der Waals surface area contributed by atoms with Crippen molar-refractivity contribution in [3.05, 3.63) is 16.9 Å². The molecular formula is C13H24ClN3S. The largest absolute Gasteiger partial charge is 0.311 e. The summed E-state index contributed by atoms with van der Waals surface area (Å²) in [6.45, 7) is 7.57. The summed E-state index contributed by atoms with van der Waals surface area (Å²) in [6, 6.07) is 0.269. The molecule has 0 spiro atoms. The molecule has 0 aliphatic heterocycles. The zero-order chi connectivity index (χ0) is 13.5. The first kappa shape index (κ1) is 15.9. The van der Waals surface area contributed by atoms with E-state index < -0.39 is 0 Å². The van der Waals surface area contributed by atoms with Crippen molar-refractivity contribution in [3.63, 3.8) is 0 Å². The van der Waals surface area contributed by atoms with E-state index in [1.165, 1.54) is 6.42 Å². The predicted octanol–water partition coefficient (Wildman–Crippen LogP) is 3.74. The van der Waals surface area contributed by atoms with Crippen LogP contribution < -0.4 is 5.32 Å². The van der Waals surface area contributed by atoms with E-state index in [9.17, 15) is 0 Å². The number of halogens is 1. The Morgan fingerprint density at radius 2 is 2.22 bits per heavy atom. The molecule has 0 saturated heterocycles. The number of thioether (sulfide) groups is 1. The fourth-order valence-electron chi connectivity index (χ4n) is 1.79. The zero-order valence-corrected chi connectivity index (χ0v) is 13.3. The highest BCUT2D eigenvalue weighted by Crippen LogP contribution is 2.27. The molecule has 0 aliphatic carbocycles. The molecule has 104 valence electrons. The SMILES string of the molecule is CCCn1ncc(Cl)c1C(CSC(C)CC)NC. The van der Waals surface area contributed by atoms with Crippen molar-refractivity contribution in [3.8, 4) is 0 Å². The molecule has 3 nitrogen and oxygen atoms in total. The Balaban J connectivity index is 2.77. The monoisotopic (exact) mass is 289 g/mol. The minimum absolute atomic E-state index is 0.269. The van der Waals surface area contributed by atoms with Crippen LogP contribution in [0.1, 0.15) is 45.3 Å². The lowest BCUT2D eigenvalue weighted by molar-refractivity contribution is 0.524. The van der Waals surface area contributed by atoms with Crippen molar-refractivity contribution < 1.29 is 0 Å². The normalized spacial score (nSPS) is 14.7. The lowest BCUT2D eigenvalue weighted by atomic mass is 10.2. The van der Waals surface area contributed by atoms with Gasteiger partial charge in [-0.1, -0.05) is 32.4 Å². The summed E-state index contributed by atoms with van der Waals surface area (Å²) in [4.78, 5) is 0. The summed E-state index contributed by atoms with van der Waals surface area (Å²) < 4.78 is 2.03. The van der Waals surface area contributed by atoms with Crippen LogP contribution in [0.15, 0.2) is 6.20 Å². The molecule has 1 aromatic rings. The van der Waals surface area contributed by atoms with Gasteiger partial charge in [0, 0.05) is 17.5 Å². The van der Waals surface area contributed by atoms with E-state index in [0.717, 1.165) is 29.4 Å². The second-order valence-electron chi connectivity index (χ2n) is 4.49. The third-order valence-electron chi connectivity index (χ3n) is 3.07. The first-order valence-corrected chi connectivity index (χ1v) is 8.06. The van der Waals surface area contributed by atoms with Crippen molar-refractivity contribution in [1.82, 2.24) is 15.1 Å². The second kappa shape index (κ2) is 8.08. The molecular weight excluding hydrogens is 266 g/mol. The lowest BCUT2D eigenvalue weighted by Crippen LogP contribution is -2.23. The van der Waals surface area contributed by atoms with Crippen LogP contribution in [-0.2, 0) is 6.54 Å². The van der Waals surface area contributed by atoms with Crippen molar-refractivity contribution >= 4 is 23.4 Å². The van der Waals surface area contributed by atoms with Crippen LogP contribution in [0.25, 0.3) is 0 Å². The predicted molar refractivity (Wildman–Crippen MR) is 81.5 cm³/mol. The van der Waals surface area contributed by atoms with Gasteiger partial charge in [0.15, 0.2) is 0 Å². The van der Waals surface area contributed by atoms with Crippen LogP contribution in [-0.4, -0.2) is 27.8 Å². The average Bonchev–Trinajstić information content (AvgIpc) is 2.72. The minimum Gasteiger partial charge on any atom is -0.311 e. The Morgan fingerprint density at radius 1 is 1.50 bits per heavy atom. The third kappa shape index (κ3) is 4.18. The Bertz CT molecular complexity index is 354. The smallest absolute Gasteiger partial charge is 0.0834 e.